The van der Waals surface area contributed by atoms with Crippen LogP contribution in [-0.2, 0) is 0 Å². The molecule has 28 heavy (non-hydrogen) atoms. The van der Waals surface area contributed by atoms with Crippen molar-refractivity contribution in [1.29, 1.82) is 0 Å². The Morgan fingerprint density at radius 1 is 1.07 bits per heavy atom. The van der Waals surface area contributed by atoms with Gasteiger partial charge in [-0.05, 0) is 55.5 Å². The van der Waals surface area contributed by atoms with Crippen molar-refractivity contribution in [3.8, 4) is 0 Å². The van der Waals surface area contributed by atoms with E-state index in [1.807, 2.05) is 31.2 Å². The van der Waals surface area contributed by atoms with Crippen LogP contribution in [0.3, 0.4) is 0 Å². The van der Waals surface area contributed by atoms with Crippen molar-refractivity contribution < 1.29 is 9.18 Å². The number of amides is 1. The highest BCUT2D eigenvalue weighted by Crippen LogP contribution is 2.33. The van der Waals surface area contributed by atoms with Crippen LogP contribution in [0.15, 0.2) is 77.8 Å². The van der Waals surface area contributed by atoms with E-state index in [9.17, 15) is 9.18 Å². The van der Waals surface area contributed by atoms with E-state index in [1.54, 1.807) is 41.3 Å². The highest BCUT2D eigenvalue weighted by molar-refractivity contribution is 6.31. The van der Waals surface area contributed by atoms with E-state index in [-0.39, 0.29) is 17.8 Å². The van der Waals surface area contributed by atoms with Gasteiger partial charge in [0.15, 0.2) is 0 Å². The summed E-state index contributed by atoms with van der Waals surface area (Å²) in [4.78, 5) is 19.7. The molecule has 4 rings (SSSR count). The van der Waals surface area contributed by atoms with Crippen LogP contribution in [0.4, 0.5) is 15.8 Å². The zero-order chi connectivity index (χ0) is 19.7. The molecule has 1 aliphatic rings. The SMILES string of the molecule is CC1CC(=Nc2ccc(F)cc2)c2ccccc2N1C(=O)c1cccc(Cl)c1. The van der Waals surface area contributed by atoms with E-state index in [0.29, 0.717) is 22.7 Å². The predicted molar refractivity (Wildman–Crippen MR) is 111 cm³/mol. The molecule has 0 saturated carbocycles. The van der Waals surface area contributed by atoms with Gasteiger partial charge in [0.2, 0.25) is 0 Å². The summed E-state index contributed by atoms with van der Waals surface area (Å²) in [5, 5.41) is 0.530. The van der Waals surface area contributed by atoms with Crippen LogP contribution in [0.2, 0.25) is 5.02 Å². The maximum Gasteiger partial charge on any atom is 0.258 e. The Kier molecular flexibility index (Phi) is 4.97. The first kappa shape index (κ1) is 18.4. The number of hydrogen-bond donors (Lipinski definition) is 0. The van der Waals surface area contributed by atoms with Gasteiger partial charge in [0.25, 0.3) is 5.91 Å². The van der Waals surface area contributed by atoms with Gasteiger partial charge in [0.1, 0.15) is 5.82 Å². The number of fused-ring (bicyclic) bond motifs is 1. The summed E-state index contributed by atoms with van der Waals surface area (Å²) >= 11 is 6.07. The van der Waals surface area contributed by atoms with Gasteiger partial charge in [-0.3, -0.25) is 9.79 Å². The fourth-order valence-corrected chi connectivity index (χ4v) is 3.68. The number of benzene rings is 3. The third kappa shape index (κ3) is 3.56. The minimum atomic E-state index is -0.292. The van der Waals surface area contributed by atoms with Crippen LogP contribution in [0.25, 0.3) is 0 Å². The summed E-state index contributed by atoms with van der Waals surface area (Å²) in [5.41, 5.74) is 3.83. The molecule has 140 valence electrons. The molecule has 1 aliphatic heterocycles. The smallest absolute Gasteiger partial charge is 0.258 e. The minimum absolute atomic E-state index is 0.0828. The average Bonchev–Trinajstić information content (AvgIpc) is 2.69. The highest BCUT2D eigenvalue weighted by Gasteiger charge is 2.32. The molecule has 1 atom stereocenters. The highest BCUT2D eigenvalue weighted by atomic mass is 35.5. The molecular formula is C23H18ClFN2O. The molecule has 0 fully saturated rings. The number of halogens is 2. The molecule has 0 bridgehead atoms. The molecule has 1 amide bonds. The molecule has 1 unspecified atom stereocenters. The first-order valence-electron chi connectivity index (χ1n) is 9.04. The van der Waals surface area contributed by atoms with Crippen molar-refractivity contribution in [3.63, 3.8) is 0 Å². The molecular weight excluding hydrogens is 375 g/mol. The first-order chi connectivity index (χ1) is 13.5. The molecule has 0 spiro atoms. The number of hydrogen-bond acceptors (Lipinski definition) is 2. The van der Waals surface area contributed by atoms with Gasteiger partial charge in [-0.15, -0.1) is 0 Å². The first-order valence-corrected chi connectivity index (χ1v) is 9.42. The Bertz CT molecular complexity index is 1060. The van der Waals surface area contributed by atoms with Crippen molar-refractivity contribution in [2.45, 2.75) is 19.4 Å². The molecule has 1 heterocycles. The molecule has 3 aromatic carbocycles. The van der Waals surface area contributed by atoms with Gasteiger partial charge in [-0.2, -0.15) is 0 Å². The van der Waals surface area contributed by atoms with Gasteiger partial charge >= 0.3 is 0 Å². The maximum absolute atomic E-state index is 13.2. The lowest BCUT2D eigenvalue weighted by atomic mass is 9.93. The fourth-order valence-electron chi connectivity index (χ4n) is 3.49. The van der Waals surface area contributed by atoms with Crippen LogP contribution in [0.1, 0.15) is 29.3 Å². The van der Waals surface area contributed by atoms with Gasteiger partial charge < -0.3 is 4.90 Å². The topological polar surface area (TPSA) is 32.7 Å². The summed E-state index contributed by atoms with van der Waals surface area (Å²) in [5.74, 6) is -0.386. The Morgan fingerprint density at radius 3 is 2.57 bits per heavy atom. The number of carbonyl (C=O) groups excluding carboxylic acids is 1. The van der Waals surface area contributed by atoms with Crippen molar-refractivity contribution in [2.24, 2.45) is 4.99 Å². The number of nitrogens with zero attached hydrogens (tertiary/aromatic N) is 2. The Morgan fingerprint density at radius 2 is 1.82 bits per heavy atom. The van der Waals surface area contributed by atoms with Crippen LogP contribution >= 0.6 is 11.6 Å². The molecule has 0 aromatic heterocycles. The van der Waals surface area contributed by atoms with E-state index in [2.05, 4.69) is 0 Å². The van der Waals surface area contributed by atoms with E-state index in [1.165, 1.54) is 12.1 Å². The second kappa shape index (κ2) is 7.56. The third-order valence-electron chi connectivity index (χ3n) is 4.79. The summed E-state index contributed by atoms with van der Waals surface area (Å²) < 4.78 is 13.2. The quantitative estimate of drug-likeness (QED) is 0.523. The zero-order valence-corrected chi connectivity index (χ0v) is 16.0. The van der Waals surface area contributed by atoms with Crippen LogP contribution in [0.5, 0.6) is 0 Å². The second-order valence-corrected chi connectivity index (χ2v) is 7.23. The van der Waals surface area contributed by atoms with E-state index in [0.717, 1.165) is 17.0 Å². The van der Waals surface area contributed by atoms with Gasteiger partial charge in [0, 0.05) is 28.6 Å². The van der Waals surface area contributed by atoms with Crippen molar-refractivity contribution in [1.82, 2.24) is 0 Å². The van der Waals surface area contributed by atoms with Crippen LogP contribution in [0, 0.1) is 5.82 Å². The lowest BCUT2D eigenvalue weighted by molar-refractivity contribution is 0.0978. The maximum atomic E-state index is 13.2. The average molecular weight is 393 g/mol. The van der Waals surface area contributed by atoms with Crippen molar-refractivity contribution in [2.75, 3.05) is 4.90 Å². The number of rotatable bonds is 2. The number of aliphatic imine (C=N–C) groups is 1. The number of anilines is 1. The van der Waals surface area contributed by atoms with Crippen LogP contribution in [-0.4, -0.2) is 17.7 Å². The largest absolute Gasteiger partial charge is 0.305 e. The molecule has 0 radical (unpaired) electrons. The second-order valence-electron chi connectivity index (χ2n) is 6.79. The zero-order valence-electron chi connectivity index (χ0n) is 15.3. The molecule has 3 nitrogen and oxygen atoms in total. The van der Waals surface area contributed by atoms with Crippen molar-refractivity contribution in [3.05, 3.63) is 94.8 Å². The third-order valence-corrected chi connectivity index (χ3v) is 5.02. The number of carbonyl (C=O) groups is 1. The lowest BCUT2D eigenvalue weighted by Gasteiger charge is -2.36. The van der Waals surface area contributed by atoms with E-state index in [4.69, 9.17) is 16.6 Å². The summed E-state index contributed by atoms with van der Waals surface area (Å²) in [6.07, 6.45) is 0.598. The summed E-state index contributed by atoms with van der Waals surface area (Å²) in [6.45, 7) is 2.00. The normalized spacial score (nSPS) is 17.5. The van der Waals surface area contributed by atoms with Gasteiger partial charge in [-0.1, -0.05) is 35.9 Å². The number of para-hydroxylation sites is 1. The van der Waals surface area contributed by atoms with Crippen molar-refractivity contribution >= 4 is 34.6 Å². The molecule has 3 aromatic rings. The molecule has 0 aliphatic carbocycles. The predicted octanol–water partition coefficient (Wildman–Crippen LogP) is 6.04. The lowest BCUT2D eigenvalue weighted by Crippen LogP contribution is -2.44. The van der Waals surface area contributed by atoms with Gasteiger partial charge in [0.05, 0.1) is 17.1 Å². The molecule has 0 saturated heterocycles. The van der Waals surface area contributed by atoms with Gasteiger partial charge in [-0.25, -0.2) is 4.39 Å². The summed E-state index contributed by atoms with van der Waals surface area (Å²) in [7, 11) is 0. The standard InChI is InChI=1S/C23H18ClFN2O/c1-15-13-21(26-19-11-9-18(25)10-12-19)20-7-2-3-8-22(20)27(15)23(28)16-5-4-6-17(24)14-16/h2-12,14-15H,13H2,1H3. The van der Waals surface area contributed by atoms with E-state index >= 15 is 0 Å². The summed E-state index contributed by atoms with van der Waals surface area (Å²) in [6, 6.07) is 20.7. The Balaban J connectivity index is 1.76. The molecule has 5 heteroatoms. The Hall–Kier alpha value is -2.98. The molecule has 0 N–H and O–H groups in total. The van der Waals surface area contributed by atoms with E-state index < -0.39 is 0 Å². The monoisotopic (exact) mass is 392 g/mol. The minimum Gasteiger partial charge on any atom is -0.305 e. The Labute approximate surface area is 168 Å². The van der Waals surface area contributed by atoms with Crippen LogP contribution < -0.4 is 4.90 Å². The fraction of sp³-hybridized carbons (Fsp3) is 0.130.